The van der Waals surface area contributed by atoms with Crippen molar-refractivity contribution < 1.29 is 0 Å². The predicted octanol–water partition coefficient (Wildman–Crippen LogP) is 3.98. The second-order valence-corrected chi connectivity index (χ2v) is 7.43. The molecule has 1 aromatic heterocycles. The standard InChI is InChI=1S/C17H30N4/c1-5-12-6-8-13(9-7-12)11-19-15-10-14(18)20-16(21-15)17(2,3)4/h10,12-13H,5-9,11H2,1-4H3,(H3,18,19,20,21). The van der Waals surface area contributed by atoms with Crippen molar-refractivity contribution in [2.45, 2.75) is 65.2 Å². The van der Waals surface area contributed by atoms with Crippen LogP contribution in [0.2, 0.25) is 0 Å². The minimum atomic E-state index is -0.0784. The van der Waals surface area contributed by atoms with Gasteiger partial charge < -0.3 is 11.1 Å². The Bertz CT molecular complexity index is 456. The van der Waals surface area contributed by atoms with Gasteiger partial charge in [-0.2, -0.15) is 0 Å². The molecule has 0 saturated heterocycles. The van der Waals surface area contributed by atoms with Crippen LogP contribution in [0.5, 0.6) is 0 Å². The van der Waals surface area contributed by atoms with Gasteiger partial charge in [0.05, 0.1) is 0 Å². The number of hydrogen-bond donors (Lipinski definition) is 2. The Morgan fingerprint density at radius 1 is 1.14 bits per heavy atom. The van der Waals surface area contributed by atoms with E-state index in [0.29, 0.717) is 5.82 Å². The molecule has 1 saturated carbocycles. The maximum Gasteiger partial charge on any atom is 0.138 e. The van der Waals surface area contributed by atoms with Gasteiger partial charge in [0.15, 0.2) is 0 Å². The summed E-state index contributed by atoms with van der Waals surface area (Å²) in [7, 11) is 0. The van der Waals surface area contributed by atoms with Gasteiger partial charge in [0.1, 0.15) is 17.5 Å². The quantitative estimate of drug-likeness (QED) is 0.880. The van der Waals surface area contributed by atoms with E-state index in [2.05, 4.69) is 43.0 Å². The van der Waals surface area contributed by atoms with E-state index in [1.807, 2.05) is 6.07 Å². The number of nitrogens with zero attached hydrogens (tertiary/aromatic N) is 2. The summed E-state index contributed by atoms with van der Waals surface area (Å²) in [6, 6.07) is 1.84. The molecule has 0 amide bonds. The lowest BCUT2D eigenvalue weighted by atomic mass is 9.81. The molecule has 1 aliphatic carbocycles. The normalized spacial score (nSPS) is 23.0. The first-order valence-corrected chi connectivity index (χ1v) is 8.27. The Morgan fingerprint density at radius 3 is 2.33 bits per heavy atom. The van der Waals surface area contributed by atoms with Crippen molar-refractivity contribution in [1.82, 2.24) is 9.97 Å². The maximum absolute atomic E-state index is 5.91. The van der Waals surface area contributed by atoms with Crippen molar-refractivity contribution in [2.75, 3.05) is 17.6 Å². The van der Waals surface area contributed by atoms with Gasteiger partial charge in [0.25, 0.3) is 0 Å². The number of nitrogens with two attached hydrogens (primary N) is 1. The van der Waals surface area contributed by atoms with Gasteiger partial charge >= 0.3 is 0 Å². The van der Waals surface area contributed by atoms with Gasteiger partial charge in [0, 0.05) is 18.0 Å². The van der Waals surface area contributed by atoms with Crippen LogP contribution in [0.25, 0.3) is 0 Å². The third kappa shape index (κ3) is 4.58. The lowest BCUT2D eigenvalue weighted by molar-refractivity contribution is 0.278. The fourth-order valence-corrected chi connectivity index (χ4v) is 2.98. The van der Waals surface area contributed by atoms with E-state index in [1.54, 1.807) is 0 Å². The Labute approximate surface area is 128 Å². The molecule has 4 heteroatoms. The summed E-state index contributed by atoms with van der Waals surface area (Å²) in [5.74, 6) is 3.93. The molecule has 0 unspecified atom stereocenters. The van der Waals surface area contributed by atoms with Gasteiger partial charge in [0.2, 0.25) is 0 Å². The highest BCUT2D eigenvalue weighted by Crippen LogP contribution is 2.30. The maximum atomic E-state index is 5.91. The molecule has 0 aromatic carbocycles. The zero-order chi connectivity index (χ0) is 15.5. The zero-order valence-corrected chi connectivity index (χ0v) is 13.9. The van der Waals surface area contributed by atoms with Gasteiger partial charge in [-0.1, -0.05) is 47.0 Å². The molecule has 0 aliphatic heterocycles. The molecule has 3 N–H and O–H groups in total. The number of rotatable bonds is 4. The van der Waals surface area contributed by atoms with E-state index in [1.165, 1.54) is 32.1 Å². The summed E-state index contributed by atoms with van der Waals surface area (Å²) in [6.07, 6.45) is 6.75. The Balaban J connectivity index is 1.93. The molecule has 1 aromatic rings. The highest BCUT2D eigenvalue weighted by molar-refractivity contribution is 5.45. The lowest BCUT2D eigenvalue weighted by Gasteiger charge is -2.28. The van der Waals surface area contributed by atoms with Gasteiger partial charge in [-0.3, -0.25) is 0 Å². The third-order valence-corrected chi connectivity index (χ3v) is 4.53. The molecule has 2 rings (SSSR count). The first kappa shape index (κ1) is 16.1. The van der Waals surface area contributed by atoms with Crippen molar-refractivity contribution in [1.29, 1.82) is 0 Å². The molecule has 0 spiro atoms. The molecular weight excluding hydrogens is 260 g/mol. The van der Waals surface area contributed by atoms with Crippen molar-refractivity contribution in [3.8, 4) is 0 Å². The first-order chi connectivity index (χ1) is 9.88. The second kappa shape index (κ2) is 6.63. The monoisotopic (exact) mass is 290 g/mol. The van der Waals surface area contributed by atoms with Crippen LogP contribution in [0.15, 0.2) is 6.07 Å². The smallest absolute Gasteiger partial charge is 0.138 e. The highest BCUT2D eigenvalue weighted by atomic mass is 15.1. The van der Waals surface area contributed by atoms with Gasteiger partial charge in [-0.25, -0.2) is 9.97 Å². The lowest BCUT2D eigenvalue weighted by Crippen LogP contribution is -2.23. The molecule has 118 valence electrons. The summed E-state index contributed by atoms with van der Waals surface area (Å²) in [4.78, 5) is 8.97. The van der Waals surface area contributed by atoms with E-state index < -0.39 is 0 Å². The molecule has 21 heavy (non-hydrogen) atoms. The number of aromatic nitrogens is 2. The average Bonchev–Trinajstić information content (AvgIpc) is 2.44. The largest absolute Gasteiger partial charge is 0.384 e. The molecule has 0 bridgehead atoms. The molecule has 1 fully saturated rings. The van der Waals surface area contributed by atoms with Crippen molar-refractivity contribution in [3.05, 3.63) is 11.9 Å². The fourth-order valence-electron chi connectivity index (χ4n) is 2.98. The summed E-state index contributed by atoms with van der Waals surface area (Å²) < 4.78 is 0. The molecule has 0 radical (unpaired) electrons. The number of hydrogen-bond acceptors (Lipinski definition) is 4. The minimum absolute atomic E-state index is 0.0784. The summed E-state index contributed by atoms with van der Waals surface area (Å²) in [6.45, 7) is 9.63. The highest BCUT2D eigenvalue weighted by Gasteiger charge is 2.21. The molecule has 1 heterocycles. The number of anilines is 2. The Kier molecular flexibility index (Phi) is 5.07. The SMILES string of the molecule is CCC1CCC(CNc2cc(N)nc(C(C)(C)C)n2)CC1. The van der Waals surface area contributed by atoms with Crippen LogP contribution < -0.4 is 11.1 Å². The van der Waals surface area contributed by atoms with Gasteiger partial charge in [-0.15, -0.1) is 0 Å². The van der Waals surface area contributed by atoms with Crippen LogP contribution in [0.1, 0.15) is 65.6 Å². The topological polar surface area (TPSA) is 63.8 Å². The molecule has 0 atom stereocenters. The van der Waals surface area contributed by atoms with E-state index in [4.69, 9.17) is 5.73 Å². The Morgan fingerprint density at radius 2 is 1.76 bits per heavy atom. The fraction of sp³-hybridized carbons (Fsp3) is 0.765. The Hall–Kier alpha value is -1.32. The third-order valence-electron chi connectivity index (χ3n) is 4.53. The van der Waals surface area contributed by atoms with E-state index in [9.17, 15) is 0 Å². The first-order valence-electron chi connectivity index (χ1n) is 8.27. The van der Waals surface area contributed by atoms with Crippen LogP contribution in [0, 0.1) is 11.8 Å². The summed E-state index contributed by atoms with van der Waals surface area (Å²) in [5.41, 5.74) is 5.83. The van der Waals surface area contributed by atoms with Crippen molar-refractivity contribution in [3.63, 3.8) is 0 Å². The van der Waals surface area contributed by atoms with Crippen molar-refractivity contribution in [2.24, 2.45) is 11.8 Å². The van der Waals surface area contributed by atoms with Crippen molar-refractivity contribution >= 4 is 11.6 Å². The van der Waals surface area contributed by atoms with E-state index in [-0.39, 0.29) is 5.41 Å². The van der Waals surface area contributed by atoms with Crippen LogP contribution in [0.3, 0.4) is 0 Å². The predicted molar refractivity (Wildman–Crippen MR) is 89.4 cm³/mol. The average molecular weight is 290 g/mol. The van der Waals surface area contributed by atoms with Crippen LogP contribution in [-0.2, 0) is 5.41 Å². The summed E-state index contributed by atoms with van der Waals surface area (Å²) in [5, 5.41) is 3.47. The van der Waals surface area contributed by atoms with Gasteiger partial charge in [-0.05, 0) is 24.7 Å². The second-order valence-electron chi connectivity index (χ2n) is 7.43. The summed E-state index contributed by atoms with van der Waals surface area (Å²) >= 11 is 0. The molecule has 1 aliphatic rings. The van der Waals surface area contributed by atoms with Crippen LogP contribution in [-0.4, -0.2) is 16.5 Å². The zero-order valence-electron chi connectivity index (χ0n) is 13.9. The molecule has 4 nitrogen and oxygen atoms in total. The number of nitrogen functional groups attached to an aromatic ring is 1. The number of nitrogens with one attached hydrogen (secondary N) is 1. The minimum Gasteiger partial charge on any atom is -0.384 e. The molecular formula is C17H30N4. The van der Waals surface area contributed by atoms with Crippen LogP contribution >= 0.6 is 0 Å². The van der Waals surface area contributed by atoms with Crippen LogP contribution in [0.4, 0.5) is 11.6 Å². The van der Waals surface area contributed by atoms with E-state index >= 15 is 0 Å². The van der Waals surface area contributed by atoms with E-state index in [0.717, 1.165) is 30.0 Å².